The molecule has 2 bridgehead atoms. The smallest absolute Gasteiger partial charge is 0.416 e. The van der Waals surface area contributed by atoms with Crippen molar-refractivity contribution in [2.24, 2.45) is 5.92 Å². The van der Waals surface area contributed by atoms with Gasteiger partial charge in [0.05, 0.1) is 12.2 Å². The van der Waals surface area contributed by atoms with Gasteiger partial charge in [-0.1, -0.05) is 13.8 Å². The number of hydrogen-bond donors (Lipinski definition) is 1. The number of rotatable bonds is 5. The van der Waals surface area contributed by atoms with Gasteiger partial charge in [0.2, 0.25) is 0 Å². The first-order chi connectivity index (χ1) is 12.2. The zero-order chi connectivity index (χ0) is 18.9. The van der Waals surface area contributed by atoms with Crippen molar-refractivity contribution in [1.29, 1.82) is 0 Å². The number of piperidine rings is 2. The molecule has 2 aliphatic rings. The van der Waals surface area contributed by atoms with E-state index in [1.807, 2.05) is 13.8 Å². The fraction of sp³-hybridized carbons (Fsp3) is 0.684. The summed E-state index contributed by atoms with van der Waals surface area (Å²) in [4.78, 5) is 0. The number of hydrogen-bond acceptors (Lipinski definition) is 4. The van der Waals surface area contributed by atoms with E-state index >= 15 is 0 Å². The molecule has 4 nitrogen and oxygen atoms in total. The minimum atomic E-state index is -4.45. The highest BCUT2D eigenvalue weighted by Crippen LogP contribution is 2.45. The van der Waals surface area contributed by atoms with E-state index in [-0.39, 0.29) is 30.1 Å². The number of alkyl halides is 3. The van der Waals surface area contributed by atoms with E-state index < -0.39 is 17.5 Å². The summed E-state index contributed by atoms with van der Waals surface area (Å²) < 4.78 is 51.0. The van der Waals surface area contributed by atoms with Gasteiger partial charge in [0, 0.05) is 18.9 Å². The molecule has 146 valence electrons. The van der Waals surface area contributed by atoms with Crippen LogP contribution in [0.5, 0.6) is 11.5 Å². The third-order valence-electron chi connectivity index (χ3n) is 5.12. The zero-order valence-electron chi connectivity index (χ0n) is 15.2. The SMILES string of the molecule is CC(C)COc1cc(C(F)(F)F)ccc1OC12CCCC(CCC1)N2O. The van der Waals surface area contributed by atoms with Gasteiger partial charge < -0.3 is 14.7 Å². The van der Waals surface area contributed by atoms with Crippen LogP contribution in [-0.2, 0) is 6.18 Å². The van der Waals surface area contributed by atoms with Crippen LogP contribution < -0.4 is 9.47 Å². The molecule has 26 heavy (non-hydrogen) atoms. The second-order valence-corrected chi connectivity index (χ2v) is 7.70. The van der Waals surface area contributed by atoms with E-state index in [1.54, 1.807) is 0 Å². The third-order valence-corrected chi connectivity index (χ3v) is 5.12. The van der Waals surface area contributed by atoms with Crippen LogP contribution in [0.4, 0.5) is 13.2 Å². The molecule has 1 aromatic carbocycles. The molecule has 2 aliphatic heterocycles. The van der Waals surface area contributed by atoms with Crippen LogP contribution in [0.1, 0.15) is 57.9 Å². The van der Waals surface area contributed by atoms with Crippen molar-refractivity contribution in [3.8, 4) is 11.5 Å². The van der Waals surface area contributed by atoms with Gasteiger partial charge in [0.25, 0.3) is 0 Å². The van der Waals surface area contributed by atoms with Gasteiger partial charge in [-0.2, -0.15) is 13.2 Å². The minimum Gasteiger partial charge on any atom is -0.489 e. The van der Waals surface area contributed by atoms with Crippen LogP contribution in [0.25, 0.3) is 0 Å². The highest BCUT2D eigenvalue weighted by Gasteiger charge is 2.48. The molecular formula is C19H26F3NO3. The summed E-state index contributed by atoms with van der Waals surface area (Å²) in [6, 6.07) is 3.34. The average Bonchev–Trinajstić information content (AvgIpc) is 2.54. The lowest BCUT2D eigenvalue weighted by atomic mass is 9.83. The molecule has 2 saturated heterocycles. The Morgan fingerprint density at radius 1 is 1.19 bits per heavy atom. The highest BCUT2D eigenvalue weighted by atomic mass is 19.4. The van der Waals surface area contributed by atoms with E-state index in [2.05, 4.69) is 0 Å². The zero-order valence-corrected chi connectivity index (χ0v) is 15.2. The second-order valence-electron chi connectivity index (χ2n) is 7.70. The van der Waals surface area contributed by atoms with Crippen LogP contribution in [-0.4, -0.2) is 28.6 Å². The molecule has 0 radical (unpaired) electrons. The maximum atomic E-state index is 13.1. The van der Waals surface area contributed by atoms with E-state index in [1.165, 1.54) is 11.1 Å². The molecule has 7 heteroatoms. The molecule has 0 saturated carbocycles. The number of nitrogens with zero attached hydrogens (tertiary/aromatic N) is 1. The fourth-order valence-corrected chi connectivity index (χ4v) is 3.80. The van der Waals surface area contributed by atoms with Crippen molar-refractivity contribution in [1.82, 2.24) is 5.06 Å². The van der Waals surface area contributed by atoms with Gasteiger partial charge in [-0.15, -0.1) is 5.06 Å². The van der Waals surface area contributed by atoms with Crippen molar-refractivity contribution in [2.45, 2.75) is 70.3 Å². The predicted octanol–water partition coefficient (Wildman–Crippen LogP) is 5.24. The van der Waals surface area contributed by atoms with Gasteiger partial charge in [-0.05, 0) is 49.8 Å². The number of hydroxylamine groups is 2. The molecule has 1 N–H and O–H groups in total. The molecule has 2 heterocycles. The van der Waals surface area contributed by atoms with E-state index in [9.17, 15) is 18.4 Å². The summed E-state index contributed by atoms with van der Waals surface area (Å²) in [5.41, 5.74) is -1.65. The standard InChI is InChI=1S/C19H26F3NO3/c1-13(2)12-25-17-11-14(19(20,21)22)7-8-16(17)26-18-9-3-5-15(23(18)24)6-4-10-18/h7-8,11,13,15,24H,3-6,9-10,12H2,1-2H3. The van der Waals surface area contributed by atoms with E-state index in [0.717, 1.165) is 37.8 Å². The maximum Gasteiger partial charge on any atom is 0.416 e. The predicted molar refractivity (Wildman–Crippen MR) is 90.3 cm³/mol. The van der Waals surface area contributed by atoms with Crippen molar-refractivity contribution in [3.63, 3.8) is 0 Å². The Morgan fingerprint density at radius 2 is 1.85 bits per heavy atom. The maximum absolute atomic E-state index is 13.1. The van der Waals surface area contributed by atoms with Gasteiger partial charge in [-0.3, -0.25) is 0 Å². The molecule has 0 spiro atoms. The van der Waals surface area contributed by atoms with Crippen LogP contribution in [0.2, 0.25) is 0 Å². The van der Waals surface area contributed by atoms with Crippen molar-refractivity contribution >= 4 is 0 Å². The first-order valence-corrected chi connectivity index (χ1v) is 9.22. The molecule has 0 amide bonds. The van der Waals surface area contributed by atoms with Gasteiger partial charge in [0.1, 0.15) is 0 Å². The summed E-state index contributed by atoms with van der Waals surface area (Å²) in [5.74, 6) is 0.489. The lowest BCUT2D eigenvalue weighted by Crippen LogP contribution is -2.60. The quantitative estimate of drug-likeness (QED) is 0.766. The Labute approximate surface area is 151 Å². The summed E-state index contributed by atoms with van der Waals surface area (Å²) in [5, 5.41) is 11.9. The molecule has 0 unspecified atom stereocenters. The largest absolute Gasteiger partial charge is 0.489 e. The van der Waals surface area contributed by atoms with Gasteiger partial charge >= 0.3 is 6.18 Å². The summed E-state index contributed by atoms with van der Waals surface area (Å²) in [7, 11) is 0. The molecule has 0 aliphatic carbocycles. The number of halogens is 3. The first-order valence-electron chi connectivity index (χ1n) is 9.22. The lowest BCUT2D eigenvalue weighted by Gasteiger charge is -2.50. The van der Waals surface area contributed by atoms with Crippen molar-refractivity contribution < 1.29 is 27.9 Å². The van der Waals surface area contributed by atoms with Gasteiger partial charge in [0.15, 0.2) is 17.2 Å². The Hall–Kier alpha value is -1.47. The Morgan fingerprint density at radius 3 is 2.42 bits per heavy atom. The molecular weight excluding hydrogens is 347 g/mol. The Kier molecular flexibility index (Phi) is 5.40. The van der Waals surface area contributed by atoms with Crippen LogP contribution in [0.15, 0.2) is 18.2 Å². The monoisotopic (exact) mass is 373 g/mol. The van der Waals surface area contributed by atoms with Crippen molar-refractivity contribution in [3.05, 3.63) is 23.8 Å². The third kappa shape index (κ3) is 3.93. The second kappa shape index (κ2) is 7.27. The van der Waals surface area contributed by atoms with Gasteiger partial charge in [-0.25, -0.2) is 0 Å². The molecule has 1 aromatic rings. The van der Waals surface area contributed by atoms with E-state index in [0.29, 0.717) is 12.8 Å². The van der Waals surface area contributed by atoms with Crippen LogP contribution in [0, 0.1) is 5.92 Å². The normalized spacial score (nSPS) is 26.8. The Bertz CT molecular complexity index is 623. The minimum absolute atomic E-state index is 0.0481. The molecule has 0 aromatic heterocycles. The molecule has 3 rings (SSSR count). The van der Waals surface area contributed by atoms with Crippen LogP contribution >= 0.6 is 0 Å². The van der Waals surface area contributed by atoms with Crippen LogP contribution in [0.3, 0.4) is 0 Å². The van der Waals surface area contributed by atoms with E-state index in [4.69, 9.17) is 9.47 Å². The topological polar surface area (TPSA) is 41.9 Å². The number of fused-ring (bicyclic) bond motifs is 2. The summed E-state index contributed by atoms with van der Waals surface area (Å²) >= 11 is 0. The average molecular weight is 373 g/mol. The first kappa shape index (κ1) is 19.3. The fourth-order valence-electron chi connectivity index (χ4n) is 3.80. The highest BCUT2D eigenvalue weighted by molar-refractivity contribution is 5.44. The van der Waals surface area contributed by atoms with Crippen molar-refractivity contribution in [2.75, 3.05) is 6.61 Å². The summed E-state index contributed by atoms with van der Waals surface area (Å²) in [6.45, 7) is 4.14. The molecule has 0 atom stereocenters. The lowest BCUT2D eigenvalue weighted by molar-refractivity contribution is -0.305. The number of ether oxygens (including phenoxy) is 2. The number of benzene rings is 1. The Balaban J connectivity index is 1.90. The molecule has 2 fully saturated rings. The summed E-state index contributed by atoms with van der Waals surface area (Å²) in [6.07, 6.45) is 0.498.